The van der Waals surface area contributed by atoms with E-state index in [0.717, 1.165) is 38.8 Å². The average Bonchev–Trinajstić information content (AvgIpc) is 2.75. The lowest BCUT2D eigenvalue weighted by atomic mass is 9.90. The molecule has 3 rings (SSSR count). The van der Waals surface area contributed by atoms with Gasteiger partial charge in [0.2, 0.25) is 11.8 Å². The van der Waals surface area contributed by atoms with Crippen molar-refractivity contribution < 1.29 is 9.59 Å². The SMILES string of the molecule is CC(=O)N(CCC(=O)N1CCC(Cc2ccccc2)CC1)CCc1ccccc1. The van der Waals surface area contributed by atoms with Gasteiger partial charge in [-0.15, -0.1) is 0 Å². The van der Waals surface area contributed by atoms with E-state index >= 15 is 0 Å². The van der Waals surface area contributed by atoms with E-state index in [2.05, 4.69) is 42.5 Å². The van der Waals surface area contributed by atoms with Crippen molar-refractivity contribution in [3.8, 4) is 0 Å². The summed E-state index contributed by atoms with van der Waals surface area (Å²) >= 11 is 0. The number of carbonyl (C=O) groups is 2. The first-order valence-corrected chi connectivity index (χ1v) is 10.7. The van der Waals surface area contributed by atoms with Crippen LogP contribution in [0, 0.1) is 5.92 Å². The van der Waals surface area contributed by atoms with Crippen molar-refractivity contribution in [3.05, 3.63) is 71.8 Å². The van der Waals surface area contributed by atoms with Crippen LogP contribution in [0.25, 0.3) is 0 Å². The van der Waals surface area contributed by atoms with Gasteiger partial charge in [0.25, 0.3) is 0 Å². The lowest BCUT2D eigenvalue weighted by molar-refractivity contribution is -0.134. The summed E-state index contributed by atoms with van der Waals surface area (Å²) in [6, 6.07) is 20.8. The molecule has 154 valence electrons. The van der Waals surface area contributed by atoms with Crippen molar-refractivity contribution in [1.29, 1.82) is 0 Å². The highest BCUT2D eigenvalue weighted by Crippen LogP contribution is 2.22. The van der Waals surface area contributed by atoms with Crippen LogP contribution in [0.5, 0.6) is 0 Å². The predicted molar refractivity (Wildman–Crippen MR) is 116 cm³/mol. The van der Waals surface area contributed by atoms with Gasteiger partial charge in [-0.2, -0.15) is 0 Å². The second kappa shape index (κ2) is 10.8. The first-order chi connectivity index (χ1) is 14.1. The molecule has 1 aliphatic rings. The minimum Gasteiger partial charge on any atom is -0.343 e. The van der Waals surface area contributed by atoms with Gasteiger partial charge in [-0.1, -0.05) is 60.7 Å². The van der Waals surface area contributed by atoms with Crippen LogP contribution in [-0.2, 0) is 22.4 Å². The van der Waals surface area contributed by atoms with Crippen molar-refractivity contribution in [2.45, 2.75) is 39.0 Å². The van der Waals surface area contributed by atoms with Gasteiger partial charge in [-0.05, 0) is 42.7 Å². The van der Waals surface area contributed by atoms with Gasteiger partial charge in [0.15, 0.2) is 0 Å². The molecule has 1 heterocycles. The van der Waals surface area contributed by atoms with Crippen molar-refractivity contribution >= 4 is 11.8 Å². The van der Waals surface area contributed by atoms with Crippen molar-refractivity contribution in [2.75, 3.05) is 26.2 Å². The zero-order chi connectivity index (χ0) is 20.5. The molecule has 4 heteroatoms. The second-order valence-electron chi connectivity index (χ2n) is 8.01. The molecular weight excluding hydrogens is 360 g/mol. The fraction of sp³-hybridized carbons (Fsp3) is 0.440. The Hall–Kier alpha value is -2.62. The molecule has 2 aromatic carbocycles. The number of carbonyl (C=O) groups excluding carboxylic acids is 2. The molecule has 2 aromatic rings. The molecule has 29 heavy (non-hydrogen) atoms. The van der Waals surface area contributed by atoms with E-state index in [-0.39, 0.29) is 11.8 Å². The summed E-state index contributed by atoms with van der Waals surface area (Å²) < 4.78 is 0. The molecule has 0 unspecified atom stereocenters. The van der Waals surface area contributed by atoms with E-state index in [0.29, 0.717) is 25.4 Å². The average molecular weight is 393 g/mol. The summed E-state index contributed by atoms with van der Waals surface area (Å²) in [5.74, 6) is 0.866. The Kier molecular flexibility index (Phi) is 7.85. The fourth-order valence-electron chi connectivity index (χ4n) is 4.06. The first-order valence-electron chi connectivity index (χ1n) is 10.7. The van der Waals surface area contributed by atoms with Gasteiger partial charge in [0.05, 0.1) is 0 Å². The number of hydrogen-bond acceptors (Lipinski definition) is 2. The lowest BCUT2D eigenvalue weighted by Gasteiger charge is -2.33. The predicted octanol–water partition coefficient (Wildman–Crippen LogP) is 3.95. The van der Waals surface area contributed by atoms with E-state index < -0.39 is 0 Å². The van der Waals surface area contributed by atoms with E-state index in [9.17, 15) is 9.59 Å². The van der Waals surface area contributed by atoms with Gasteiger partial charge in [-0.25, -0.2) is 0 Å². The van der Waals surface area contributed by atoms with Crippen LogP contribution >= 0.6 is 0 Å². The Labute approximate surface area is 174 Å². The van der Waals surface area contributed by atoms with Crippen LogP contribution in [-0.4, -0.2) is 47.8 Å². The third kappa shape index (κ3) is 6.74. The van der Waals surface area contributed by atoms with Crippen molar-refractivity contribution in [2.24, 2.45) is 5.92 Å². The highest BCUT2D eigenvalue weighted by Gasteiger charge is 2.23. The number of benzene rings is 2. The van der Waals surface area contributed by atoms with Crippen LogP contribution in [0.3, 0.4) is 0 Å². The minimum absolute atomic E-state index is 0.0373. The maximum Gasteiger partial charge on any atom is 0.224 e. The Morgan fingerprint density at radius 2 is 1.48 bits per heavy atom. The molecule has 0 spiro atoms. The quantitative estimate of drug-likeness (QED) is 0.682. The number of likely N-dealkylation sites (tertiary alicyclic amines) is 1. The Morgan fingerprint density at radius 1 is 0.897 bits per heavy atom. The summed E-state index contributed by atoms with van der Waals surface area (Å²) in [5, 5.41) is 0. The van der Waals surface area contributed by atoms with E-state index in [4.69, 9.17) is 0 Å². The van der Waals surface area contributed by atoms with Gasteiger partial charge in [0.1, 0.15) is 0 Å². The zero-order valence-corrected chi connectivity index (χ0v) is 17.4. The highest BCUT2D eigenvalue weighted by atomic mass is 16.2. The fourth-order valence-corrected chi connectivity index (χ4v) is 4.06. The van der Waals surface area contributed by atoms with E-state index in [1.165, 1.54) is 11.1 Å². The summed E-state index contributed by atoms with van der Waals surface area (Å²) in [6.07, 6.45) is 4.45. The molecule has 4 nitrogen and oxygen atoms in total. The molecule has 1 fully saturated rings. The molecule has 1 saturated heterocycles. The van der Waals surface area contributed by atoms with Crippen LogP contribution in [0.2, 0.25) is 0 Å². The molecule has 0 bridgehead atoms. The molecular formula is C25H32N2O2. The standard InChI is InChI=1S/C25H32N2O2/c1-21(28)26(16-12-22-8-4-2-5-9-22)19-15-25(29)27-17-13-24(14-18-27)20-23-10-6-3-7-11-23/h2-11,24H,12-20H2,1H3. The largest absolute Gasteiger partial charge is 0.343 e. The topological polar surface area (TPSA) is 40.6 Å². The Bertz CT molecular complexity index is 768. The van der Waals surface area contributed by atoms with Crippen LogP contribution in [0.4, 0.5) is 0 Å². The lowest BCUT2D eigenvalue weighted by Crippen LogP contribution is -2.41. The minimum atomic E-state index is 0.0373. The summed E-state index contributed by atoms with van der Waals surface area (Å²) in [6.45, 7) is 4.42. The van der Waals surface area contributed by atoms with Gasteiger partial charge in [-0.3, -0.25) is 9.59 Å². The van der Waals surface area contributed by atoms with Gasteiger partial charge < -0.3 is 9.80 Å². The highest BCUT2D eigenvalue weighted by molar-refractivity contribution is 5.78. The maximum absolute atomic E-state index is 12.7. The first kappa shape index (κ1) is 21.1. The van der Waals surface area contributed by atoms with Gasteiger partial charge in [0, 0.05) is 39.5 Å². The smallest absolute Gasteiger partial charge is 0.224 e. The van der Waals surface area contributed by atoms with E-state index in [1.807, 2.05) is 23.1 Å². The molecule has 2 amide bonds. The third-order valence-corrected chi connectivity index (χ3v) is 5.89. The molecule has 0 aromatic heterocycles. The molecule has 0 saturated carbocycles. The maximum atomic E-state index is 12.7. The molecule has 0 atom stereocenters. The third-order valence-electron chi connectivity index (χ3n) is 5.89. The Morgan fingerprint density at radius 3 is 2.07 bits per heavy atom. The normalized spacial score (nSPS) is 14.6. The molecule has 0 aliphatic carbocycles. The van der Waals surface area contributed by atoms with Crippen molar-refractivity contribution in [3.63, 3.8) is 0 Å². The molecule has 0 N–H and O–H groups in total. The van der Waals surface area contributed by atoms with Crippen molar-refractivity contribution in [1.82, 2.24) is 9.80 Å². The summed E-state index contributed by atoms with van der Waals surface area (Å²) in [4.78, 5) is 28.4. The Balaban J connectivity index is 1.40. The summed E-state index contributed by atoms with van der Waals surface area (Å²) in [5.41, 5.74) is 2.60. The van der Waals surface area contributed by atoms with E-state index in [1.54, 1.807) is 11.8 Å². The van der Waals surface area contributed by atoms with Crippen LogP contribution < -0.4 is 0 Å². The number of nitrogens with zero attached hydrogens (tertiary/aromatic N) is 2. The second-order valence-corrected chi connectivity index (χ2v) is 8.01. The van der Waals surface area contributed by atoms with Crippen LogP contribution in [0.1, 0.15) is 37.3 Å². The molecule has 0 radical (unpaired) electrons. The number of amides is 2. The summed E-state index contributed by atoms with van der Waals surface area (Å²) in [7, 11) is 0. The monoisotopic (exact) mass is 392 g/mol. The number of hydrogen-bond donors (Lipinski definition) is 0. The number of rotatable bonds is 8. The zero-order valence-electron chi connectivity index (χ0n) is 17.4. The van der Waals surface area contributed by atoms with Crippen LogP contribution in [0.15, 0.2) is 60.7 Å². The molecule has 1 aliphatic heterocycles. The number of piperidine rings is 1. The van der Waals surface area contributed by atoms with Gasteiger partial charge >= 0.3 is 0 Å².